The van der Waals surface area contributed by atoms with E-state index in [1.54, 1.807) is 6.07 Å². The fourth-order valence-corrected chi connectivity index (χ4v) is 1.57. The molecule has 1 heterocycles. The average molecular weight is 192 g/mol. The van der Waals surface area contributed by atoms with Crippen molar-refractivity contribution in [2.24, 2.45) is 5.92 Å². The molecule has 14 heavy (non-hydrogen) atoms. The van der Waals surface area contributed by atoms with E-state index >= 15 is 0 Å². The molecule has 0 spiro atoms. The summed E-state index contributed by atoms with van der Waals surface area (Å²) >= 11 is 0. The summed E-state index contributed by atoms with van der Waals surface area (Å²) in [4.78, 5) is 11.8. The Hall–Kier alpha value is -1.51. The number of ether oxygens (including phenoxy) is 1. The van der Waals surface area contributed by atoms with Crippen LogP contribution in [0.15, 0.2) is 18.2 Å². The highest BCUT2D eigenvalue weighted by molar-refractivity contribution is 6.01. The SMILES string of the molecule is CC1Oc2cc(O)ccc2C(=O)C1C. The van der Waals surface area contributed by atoms with Gasteiger partial charge in [0, 0.05) is 6.07 Å². The summed E-state index contributed by atoms with van der Waals surface area (Å²) in [5.41, 5.74) is 0.563. The van der Waals surface area contributed by atoms with Crippen LogP contribution in [0, 0.1) is 5.92 Å². The summed E-state index contributed by atoms with van der Waals surface area (Å²) in [5.74, 6) is 0.574. The molecule has 1 aliphatic heterocycles. The van der Waals surface area contributed by atoms with E-state index in [0.717, 1.165) is 0 Å². The van der Waals surface area contributed by atoms with Crippen molar-refractivity contribution in [3.8, 4) is 11.5 Å². The molecule has 0 bridgehead atoms. The van der Waals surface area contributed by atoms with Gasteiger partial charge < -0.3 is 9.84 Å². The number of carbonyl (C=O) groups excluding carboxylic acids is 1. The molecule has 0 aromatic heterocycles. The predicted molar refractivity (Wildman–Crippen MR) is 51.7 cm³/mol. The number of hydrogen-bond acceptors (Lipinski definition) is 3. The highest BCUT2D eigenvalue weighted by Crippen LogP contribution is 2.33. The van der Waals surface area contributed by atoms with Gasteiger partial charge in [-0.05, 0) is 19.1 Å². The van der Waals surface area contributed by atoms with Crippen LogP contribution in [0.3, 0.4) is 0 Å². The quantitative estimate of drug-likeness (QED) is 0.683. The van der Waals surface area contributed by atoms with Crippen molar-refractivity contribution in [1.29, 1.82) is 0 Å². The van der Waals surface area contributed by atoms with Crippen molar-refractivity contribution in [2.75, 3.05) is 0 Å². The summed E-state index contributed by atoms with van der Waals surface area (Å²) in [5, 5.41) is 9.24. The van der Waals surface area contributed by atoms with Gasteiger partial charge in [0.25, 0.3) is 0 Å². The molecule has 0 saturated carbocycles. The predicted octanol–water partition coefficient (Wildman–Crippen LogP) is 1.99. The molecule has 0 radical (unpaired) electrons. The van der Waals surface area contributed by atoms with Crippen LogP contribution in [0.1, 0.15) is 24.2 Å². The van der Waals surface area contributed by atoms with Crippen LogP contribution < -0.4 is 4.74 Å². The molecule has 2 unspecified atom stereocenters. The average Bonchev–Trinajstić information content (AvgIpc) is 2.14. The van der Waals surface area contributed by atoms with Crippen LogP contribution in [0.2, 0.25) is 0 Å². The van der Waals surface area contributed by atoms with Gasteiger partial charge in [0.15, 0.2) is 5.78 Å². The number of rotatable bonds is 0. The first kappa shape index (κ1) is 9.06. The smallest absolute Gasteiger partial charge is 0.173 e. The third-order valence-corrected chi connectivity index (χ3v) is 2.66. The Morgan fingerprint density at radius 3 is 2.79 bits per heavy atom. The molecule has 1 aromatic rings. The Morgan fingerprint density at radius 1 is 1.36 bits per heavy atom. The van der Waals surface area contributed by atoms with Gasteiger partial charge in [-0.1, -0.05) is 6.92 Å². The van der Waals surface area contributed by atoms with Crippen LogP contribution in [0.4, 0.5) is 0 Å². The number of hydrogen-bond donors (Lipinski definition) is 1. The van der Waals surface area contributed by atoms with Crippen LogP contribution in [-0.2, 0) is 0 Å². The molecule has 0 saturated heterocycles. The van der Waals surface area contributed by atoms with Crippen molar-refractivity contribution in [2.45, 2.75) is 20.0 Å². The zero-order chi connectivity index (χ0) is 10.3. The Balaban J connectivity index is 2.51. The normalized spacial score (nSPS) is 25.4. The van der Waals surface area contributed by atoms with E-state index in [9.17, 15) is 9.90 Å². The first-order valence-corrected chi connectivity index (χ1v) is 4.63. The van der Waals surface area contributed by atoms with Gasteiger partial charge in [-0.25, -0.2) is 0 Å². The third-order valence-electron chi connectivity index (χ3n) is 2.66. The molecular weight excluding hydrogens is 180 g/mol. The van der Waals surface area contributed by atoms with Crippen LogP contribution in [0.25, 0.3) is 0 Å². The Bertz CT molecular complexity index is 384. The molecule has 1 aromatic carbocycles. The molecule has 3 heteroatoms. The maximum absolute atomic E-state index is 11.8. The lowest BCUT2D eigenvalue weighted by Crippen LogP contribution is -2.33. The maximum Gasteiger partial charge on any atom is 0.173 e. The molecule has 1 N–H and O–H groups in total. The molecule has 2 atom stereocenters. The zero-order valence-electron chi connectivity index (χ0n) is 8.15. The maximum atomic E-state index is 11.8. The number of fused-ring (bicyclic) bond motifs is 1. The second-order valence-corrected chi connectivity index (χ2v) is 3.66. The first-order chi connectivity index (χ1) is 6.59. The van der Waals surface area contributed by atoms with E-state index in [1.807, 2.05) is 13.8 Å². The summed E-state index contributed by atoms with van der Waals surface area (Å²) in [6.07, 6.45) is -0.128. The monoisotopic (exact) mass is 192 g/mol. The number of Topliss-reactive ketones (excluding diaryl/α,β-unsaturated/α-hetero) is 1. The summed E-state index contributed by atoms with van der Waals surface area (Å²) in [6.45, 7) is 3.71. The van der Waals surface area contributed by atoms with Crippen molar-refractivity contribution in [1.82, 2.24) is 0 Å². The van der Waals surface area contributed by atoms with Gasteiger partial charge in [0.2, 0.25) is 0 Å². The first-order valence-electron chi connectivity index (χ1n) is 4.63. The van der Waals surface area contributed by atoms with Crippen molar-refractivity contribution in [3.05, 3.63) is 23.8 Å². The van der Waals surface area contributed by atoms with Gasteiger partial charge in [-0.2, -0.15) is 0 Å². The third kappa shape index (κ3) is 1.25. The van der Waals surface area contributed by atoms with Crippen molar-refractivity contribution >= 4 is 5.78 Å². The minimum Gasteiger partial charge on any atom is -0.508 e. The number of phenolic OH excluding ortho intramolecular Hbond substituents is 1. The fourth-order valence-electron chi connectivity index (χ4n) is 1.57. The Labute approximate surface area is 82.3 Å². The second kappa shape index (κ2) is 3.01. The number of benzene rings is 1. The summed E-state index contributed by atoms with van der Waals surface area (Å²) in [7, 11) is 0. The van der Waals surface area contributed by atoms with E-state index in [2.05, 4.69) is 0 Å². The van der Waals surface area contributed by atoms with Crippen LogP contribution in [0.5, 0.6) is 11.5 Å². The number of phenols is 1. The minimum atomic E-state index is -0.128. The van der Waals surface area contributed by atoms with Gasteiger partial charge >= 0.3 is 0 Å². The van der Waals surface area contributed by atoms with Gasteiger partial charge in [0.05, 0.1) is 11.5 Å². The zero-order valence-corrected chi connectivity index (χ0v) is 8.15. The van der Waals surface area contributed by atoms with E-state index in [0.29, 0.717) is 11.3 Å². The minimum absolute atomic E-state index is 0.0822. The van der Waals surface area contributed by atoms with Crippen molar-refractivity contribution < 1.29 is 14.6 Å². The highest BCUT2D eigenvalue weighted by atomic mass is 16.5. The molecule has 1 aliphatic rings. The second-order valence-electron chi connectivity index (χ2n) is 3.66. The van der Waals surface area contributed by atoms with Crippen LogP contribution >= 0.6 is 0 Å². The largest absolute Gasteiger partial charge is 0.508 e. The molecule has 0 aliphatic carbocycles. The number of aromatic hydroxyl groups is 1. The lowest BCUT2D eigenvalue weighted by molar-refractivity contribution is 0.0730. The topological polar surface area (TPSA) is 46.5 Å². The van der Waals surface area contributed by atoms with E-state index in [1.165, 1.54) is 12.1 Å². The lowest BCUT2D eigenvalue weighted by Gasteiger charge is -2.27. The Kier molecular flexibility index (Phi) is 1.95. The van der Waals surface area contributed by atoms with Crippen molar-refractivity contribution in [3.63, 3.8) is 0 Å². The van der Waals surface area contributed by atoms with E-state index in [-0.39, 0.29) is 23.6 Å². The Morgan fingerprint density at radius 2 is 2.07 bits per heavy atom. The van der Waals surface area contributed by atoms with E-state index < -0.39 is 0 Å². The molecule has 0 amide bonds. The molecular formula is C11H12O3. The molecule has 0 fully saturated rings. The van der Waals surface area contributed by atoms with Gasteiger partial charge in [-0.3, -0.25) is 4.79 Å². The molecule has 74 valence electrons. The van der Waals surface area contributed by atoms with E-state index in [4.69, 9.17) is 4.74 Å². The number of ketones is 1. The standard InChI is InChI=1S/C11H12O3/c1-6-7(2)14-10-5-8(12)3-4-9(10)11(6)13/h3-7,12H,1-2H3. The molecule has 3 nitrogen and oxygen atoms in total. The van der Waals surface area contributed by atoms with Gasteiger partial charge in [0.1, 0.15) is 17.6 Å². The van der Waals surface area contributed by atoms with Crippen LogP contribution in [-0.4, -0.2) is 17.0 Å². The van der Waals surface area contributed by atoms with Gasteiger partial charge in [-0.15, -0.1) is 0 Å². The highest BCUT2D eigenvalue weighted by Gasteiger charge is 2.30. The lowest BCUT2D eigenvalue weighted by atomic mass is 9.91. The summed E-state index contributed by atoms with van der Waals surface area (Å²) < 4.78 is 5.51. The number of carbonyl (C=O) groups is 1. The fraction of sp³-hybridized carbons (Fsp3) is 0.364. The summed E-state index contributed by atoms with van der Waals surface area (Å²) in [6, 6.07) is 4.59. The molecule has 2 rings (SSSR count).